The van der Waals surface area contributed by atoms with Crippen LogP contribution in [0.25, 0.3) is 0 Å². The van der Waals surface area contributed by atoms with Crippen LogP contribution in [0, 0.1) is 0 Å². The minimum Gasteiger partial charge on any atom is -0.369 e. The van der Waals surface area contributed by atoms with Crippen LogP contribution >= 0.6 is 11.6 Å². The standard InChI is InChI=1S/C33H30ClN5O2/c34-28-16-7-8-17-29(28)37-18-20-38(21-19-37)30(40)25-11-9-10-24(22-25)23-39-31(41)33(36-32(39)35,26-12-3-1-4-13-26)27-14-5-2-6-15-27/h1-17,22H,18-21,23H2,(H2,35,36). The van der Waals surface area contributed by atoms with Gasteiger partial charge in [0.05, 0.1) is 17.3 Å². The molecule has 2 aliphatic heterocycles. The lowest BCUT2D eigenvalue weighted by Gasteiger charge is -2.36. The van der Waals surface area contributed by atoms with Crippen LogP contribution in [0.15, 0.2) is 114 Å². The highest BCUT2D eigenvalue weighted by molar-refractivity contribution is 6.33. The number of carbonyl (C=O) groups is 2. The van der Waals surface area contributed by atoms with Crippen LogP contribution in [-0.4, -0.2) is 53.8 Å². The van der Waals surface area contributed by atoms with Crippen LogP contribution in [-0.2, 0) is 16.9 Å². The van der Waals surface area contributed by atoms with E-state index in [0.29, 0.717) is 36.8 Å². The van der Waals surface area contributed by atoms with E-state index in [9.17, 15) is 9.59 Å². The van der Waals surface area contributed by atoms with Gasteiger partial charge in [-0.2, -0.15) is 0 Å². The van der Waals surface area contributed by atoms with Gasteiger partial charge < -0.3 is 15.5 Å². The third-order valence-corrected chi connectivity index (χ3v) is 8.09. The molecule has 8 heteroatoms. The number of nitrogens with zero attached hydrogens (tertiary/aromatic N) is 4. The Morgan fingerprint density at radius 2 is 1.41 bits per heavy atom. The number of rotatable bonds is 6. The number of benzene rings is 4. The van der Waals surface area contributed by atoms with Crippen molar-refractivity contribution < 1.29 is 9.59 Å². The van der Waals surface area contributed by atoms with Crippen molar-refractivity contribution in [2.75, 3.05) is 31.1 Å². The number of guanidine groups is 1. The summed E-state index contributed by atoms with van der Waals surface area (Å²) in [5.41, 5.74) is 9.02. The van der Waals surface area contributed by atoms with Crippen LogP contribution in [0.4, 0.5) is 5.69 Å². The molecule has 0 bridgehead atoms. The fourth-order valence-corrected chi connectivity index (χ4v) is 5.92. The van der Waals surface area contributed by atoms with Crippen LogP contribution in [0.2, 0.25) is 5.02 Å². The summed E-state index contributed by atoms with van der Waals surface area (Å²) in [6, 6.07) is 34.2. The van der Waals surface area contributed by atoms with E-state index in [2.05, 4.69) is 4.90 Å². The number of aliphatic imine (C=N–C) groups is 1. The number of carbonyl (C=O) groups excluding carboxylic acids is 2. The number of anilines is 1. The van der Waals surface area contributed by atoms with Crippen LogP contribution in [0.5, 0.6) is 0 Å². The van der Waals surface area contributed by atoms with E-state index in [1.807, 2.05) is 114 Å². The molecular formula is C33H30ClN5O2. The van der Waals surface area contributed by atoms with Gasteiger partial charge in [-0.25, -0.2) is 4.99 Å². The topological polar surface area (TPSA) is 82.2 Å². The minimum atomic E-state index is -1.26. The molecule has 1 fully saturated rings. The number of nitrogens with two attached hydrogens (primary N) is 1. The Bertz CT molecular complexity index is 1560. The van der Waals surface area contributed by atoms with E-state index in [-0.39, 0.29) is 24.3 Å². The van der Waals surface area contributed by atoms with Gasteiger partial charge in [-0.1, -0.05) is 96.5 Å². The van der Waals surface area contributed by atoms with E-state index in [1.54, 1.807) is 0 Å². The molecule has 0 atom stereocenters. The Labute approximate surface area is 244 Å². The highest BCUT2D eigenvalue weighted by atomic mass is 35.5. The van der Waals surface area contributed by atoms with Crippen LogP contribution in [0.3, 0.4) is 0 Å². The summed E-state index contributed by atoms with van der Waals surface area (Å²) in [7, 11) is 0. The molecular weight excluding hydrogens is 534 g/mol. The molecule has 1 saturated heterocycles. The van der Waals surface area contributed by atoms with Crippen molar-refractivity contribution in [3.05, 3.63) is 136 Å². The minimum absolute atomic E-state index is 0.0389. The van der Waals surface area contributed by atoms with Crippen molar-refractivity contribution in [1.82, 2.24) is 9.80 Å². The highest BCUT2D eigenvalue weighted by Crippen LogP contribution is 2.40. The lowest BCUT2D eigenvalue weighted by molar-refractivity contribution is -0.130. The van der Waals surface area contributed by atoms with Gasteiger partial charge in [0.25, 0.3) is 11.8 Å². The van der Waals surface area contributed by atoms with Crippen LogP contribution in [0.1, 0.15) is 27.0 Å². The molecule has 6 rings (SSSR count). The zero-order chi connectivity index (χ0) is 28.4. The largest absolute Gasteiger partial charge is 0.369 e. The molecule has 41 heavy (non-hydrogen) atoms. The van der Waals surface area contributed by atoms with Crippen molar-refractivity contribution >= 4 is 35.1 Å². The first kappa shape index (κ1) is 26.6. The average molecular weight is 564 g/mol. The Balaban J connectivity index is 1.20. The molecule has 0 aliphatic carbocycles. The number of halogens is 1. The second-order valence-corrected chi connectivity index (χ2v) is 10.6. The first-order valence-electron chi connectivity index (χ1n) is 13.6. The molecule has 4 aromatic carbocycles. The molecule has 2 heterocycles. The molecule has 0 radical (unpaired) electrons. The van der Waals surface area contributed by atoms with Crippen molar-refractivity contribution in [2.45, 2.75) is 12.1 Å². The summed E-state index contributed by atoms with van der Waals surface area (Å²) >= 11 is 6.38. The zero-order valence-corrected chi connectivity index (χ0v) is 23.2. The first-order valence-corrected chi connectivity index (χ1v) is 14.0. The summed E-state index contributed by atoms with van der Waals surface area (Å²) in [5.74, 6) is -0.113. The van der Waals surface area contributed by atoms with E-state index in [0.717, 1.165) is 22.4 Å². The average Bonchev–Trinajstić information content (AvgIpc) is 3.28. The van der Waals surface area contributed by atoms with Gasteiger partial charge in [0.15, 0.2) is 11.5 Å². The smallest absolute Gasteiger partial charge is 0.266 e. The third kappa shape index (κ3) is 4.93. The summed E-state index contributed by atoms with van der Waals surface area (Å²) < 4.78 is 0. The molecule has 0 unspecified atom stereocenters. The summed E-state index contributed by atoms with van der Waals surface area (Å²) in [6.07, 6.45) is 0. The second kappa shape index (κ2) is 11.1. The van der Waals surface area contributed by atoms with E-state index in [1.165, 1.54) is 4.90 Å². The van der Waals surface area contributed by atoms with Gasteiger partial charge in [-0.3, -0.25) is 14.5 Å². The zero-order valence-electron chi connectivity index (χ0n) is 22.5. The van der Waals surface area contributed by atoms with Crippen molar-refractivity contribution in [3.63, 3.8) is 0 Å². The number of hydrogen-bond donors (Lipinski definition) is 1. The maximum absolute atomic E-state index is 14.1. The lowest BCUT2D eigenvalue weighted by atomic mass is 9.83. The number of hydrogen-bond acceptors (Lipinski definition) is 5. The molecule has 0 spiro atoms. The Hall–Kier alpha value is -4.62. The number of amides is 2. The van der Waals surface area contributed by atoms with Crippen molar-refractivity contribution in [1.29, 1.82) is 0 Å². The first-order chi connectivity index (χ1) is 20.0. The number of para-hydroxylation sites is 1. The van der Waals surface area contributed by atoms with Gasteiger partial charge in [-0.05, 0) is 41.0 Å². The molecule has 2 amide bonds. The molecule has 0 aromatic heterocycles. The Morgan fingerprint density at radius 1 is 0.805 bits per heavy atom. The van der Waals surface area contributed by atoms with Crippen molar-refractivity contribution in [3.8, 4) is 0 Å². The summed E-state index contributed by atoms with van der Waals surface area (Å²) in [5, 5.41) is 0.711. The molecule has 7 nitrogen and oxygen atoms in total. The van der Waals surface area contributed by atoms with Gasteiger partial charge in [-0.15, -0.1) is 0 Å². The number of piperazine rings is 1. The highest BCUT2D eigenvalue weighted by Gasteiger charge is 2.50. The monoisotopic (exact) mass is 563 g/mol. The molecule has 4 aromatic rings. The Morgan fingerprint density at radius 3 is 2.05 bits per heavy atom. The fraction of sp³-hybridized carbons (Fsp3) is 0.182. The summed E-state index contributed by atoms with van der Waals surface area (Å²) in [6.45, 7) is 2.79. The molecule has 0 saturated carbocycles. The van der Waals surface area contributed by atoms with Gasteiger partial charge in [0.2, 0.25) is 0 Å². The van der Waals surface area contributed by atoms with E-state index >= 15 is 0 Å². The van der Waals surface area contributed by atoms with Crippen molar-refractivity contribution in [2.24, 2.45) is 10.7 Å². The van der Waals surface area contributed by atoms with Gasteiger partial charge >= 0.3 is 0 Å². The molecule has 2 aliphatic rings. The molecule has 206 valence electrons. The third-order valence-electron chi connectivity index (χ3n) is 7.77. The maximum Gasteiger partial charge on any atom is 0.266 e. The van der Waals surface area contributed by atoms with Crippen LogP contribution < -0.4 is 10.6 Å². The normalized spacial score (nSPS) is 16.6. The lowest BCUT2D eigenvalue weighted by Crippen LogP contribution is -2.48. The van der Waals surface area contributed by atoms with Gasteiger partial charge in [0, 0.05) is 31.7 Å². The second-order valence-electron chi connectivity index (χ2n) is 10.2. The quantitative estimate of drug-likeness (QED) is 0.362. The predicted molar refractivity (Wildman–Crippen MR) is 162 cm³/mol. The predicted octanol–water partition coefficient (Wildman–Crippen LogP) is 4.90. The summed E-state index contributed by atoms with van der Waals surface area (Å²) in [4.78, 5) is 37.9. The molecule has 2 N–H and O–H groups in total. The maximum atomic E-state index is 14.1. The van der Waals surface area contributed by atoms with E-state index in [4.69, 9.17) is 22.3 Å². The van der Waals surface area contributed by atoms with E-state index < -0.39 is 5.54 Å². The van der Waals surface area contributed by atoms with Gasteiger partial charge in [0.1, 0.15) is 0 Å². The SMILES string of the molecule is NC1=NC(c2ccccc2)(c2ccccc2)C(=O)N1Cc1cccc(C(=O)N2CCN(c3ccccc3Cl)CC2)c1. The fourth-order valence-electron chi connectivity index (χ4n) is 5.66. The Kier molecular flexibility index (Phi) is 7.20.